The highest BCUT2D eigenvalue weighted by atomic mass is 19.1. The van der Waals surface area contributed by atoms with Gasteiger partial charge in [-0.15, -0.1) is 0 Å². The fraction of sp³-hybridized carbons (Fsp3) is 0.300. The Bertz CT molecular complexity index is 321. The Morgan fingerprint density at radius 1 is 1.54 bits per heavy atom. The maximum absolute atomic E-state index is 12.9. The van der Waals surface area contributed by atoms with Gasteiger partial charge in [0.05, 0.1) is 0 Å². The van der Waals surface area contributed by atoms with Crippen molar-refractivity contribution >= 4 is 6.29 Å². The minimum absolute atomic E-state index is 0.302. The van der Waals surface area contributed by atoms with Crippen LogP contribution < -0.4 is 0 Å². The van der Waals surface area contributed by atoms with Gasteiger partial charge in [-0.1, -0.05) is 6.07 Å². The Hall–Kier alpha value is -1.38. The first-order valence-electron chi connectivity index (χ1n) is 4.06. The number of hydrogen-bond acceptors (Lipinski definition) is 2. The Balaban J connectivity index is 2.98. The predicted molar refractivity (Wildman–Crippen MR) is 47.2 cm³/mol. The highest BCUT2D eigenvalue weighted by Gasteiger charge is 2.07. The molecule has 0 unspecified atom stereocenters. The molecule has 1 aromatic rings. The zero-order valence-electron chi connectivity index (χ0n) is 7.38. The molecule has 0 atom stereocenters. The molecule has 13 heavy (non-hydrogen) atoms. The standard InChI is InChI=1S/C10H11FO2/c1-7-5-8(3-2-4-12)10(13)9(11)6-7/h4-6,13H,2-3H2,1H3. The molecule has 0 spiro atoms. The number of aryl methyl sites for hydroxylation is 2. The first-order valence-corrected chi connectivity index (χ1v) is 4.06. The molecule has 0 aliphatic rings. The number of phenolic OH excluding ortho intramolecular Hbond substituents is 1. The summed E-state index contributed by atoms with van der Waals surface area (Å²) in [6.45, 7) is 1.74. The van der Waals surface area contributed by atoms with Crippen molar-refractivity contribution in [2.75, 3.05) is 0 Å². The zero-order chi connectivity index (χ0) is 9.84. The molecule has 0 aliphatic carbocycles. The van der Waals surface area contributed by atoms with E-state index in [2.05, 4.69) is 0 Å². The van der Waals surface area contributed by atoms with Gasteiger partial charge in [0.1, 0.15) is 6.29 Å². The number of aromatic hydroxyl groups is 1. The van der Waals surface area contributed by atoms with Crippen molar-refractivity contribution in [1.82, 2.24) is 0 Å². The van der Waals surface area contributed by atoms with Crippen LogP contribution in [-0.4, -0.2) is 11.4 Å². The number of halogens is 1. The van der Waals surface area contributed by atoms with Gasteiger partial charge in [0.25, 0.3) is 0 Å². The Labute approximate surface area is 76.0 Å². The minimum atomic E-state index is -0.624. The smallest absolute Gasteiger partial charge is 0.165 e. The quantitative estimate of drug-likeness (QED) is 0.725. The van der Waals surface area contributed by atoms with Crippen LogP contribution in [0.2, 0.25) is 0 Å². The summed E-state index contributed by atoms with van der Waals surface area (Å²) in [5, 5.41) is 9.26. The third-order valence-electron chi connectivity index (χ3n) is 1.82. The van der Waals surface area contributed by atoms with E-state index in [1.807, 2.05) is 0 Å². The number of carbonyl (C=O) groups is 1. The van der Waals surface area contributed by atoms with Gasteiger partial charge in [0.2, 0.25) is 0 Å². The third kappa shape index (κ3) is 2.28. The maximum atomic E-state index is 12.9. The van der Waals surface area contributed by atoms with Crippen molar-refractivity contribution in [2.24, 2.45) is 0 Å². The highest BCUT2D eigenvalue weighted by molar-refractivity contribution is 5.51. The molecule has 0 heterocycles. The van der Waals surface area contributed by atoms with Crippen LogP contribution in [0.1, 0.15) is 17.5 Å². The number of benzene rings is 1. The molecule has 0 saturated carbocycles. The molecule has 1 rings (SSSR count). The lowest BCUT2D eigenvalue weighted by atomic mass is 10.1. The molecule has 0 fully saturated rings. The number of carbonyl (C=O) groups excluding carboxylic acids is 1. The van der Waals surface area contributed by atoms with Crippen molar-refractivity contribution in [1.29, 1.82) is 0 Å². The Kier molecular flexibility index (Phi) is 3.01. The molecular formula is C10H11FO2. The van der Waals surface area contributed by atoms with E-state index in [4.69, 9.17) is 0 Å². The van der Waals surface area contributed by atoms with Crippen LogP contribution in [0.25, 0.3) is 0 Å². The highest BCUT2D eigenvalue weighted by Crippen LogP contribution is 2.23. The van der Waals surface area contributed by atoms with E-state index >= 15 is 0 Å². The van der Waals surface area contributed by atoms with E-state index in [9.17, 15) is 14.3 Å². The summed E-state index contributed by atoms with van der Waals surface area (Å²) in [6, 6.07) is 2.95. The molecule has 0 aromatic heterocycles. The summed E-state index contributed by atoms with van der Waals surface area (Å²) in [5.41, 5.74) is 1.24. The van der Waals surface area contributed by atoms with Crippen LogP contribution >= 0.6 is 0 Å². The molecule has 0 saturated heterocycles. The van der Waals surface area contributed by atoms with E-state index < -0.39 is 5.82 Å². The molecule has 0 bridgehead atoms. The average molecular weight is 182 g/mol. The van der Waals surface area contributed by atoms with E-state index in [0.29, 0.717) is 18.4 Å². The summed E-state index contributed by atoms with van der Waals surface area (Å²) >= 11 is 0. The van der Waals surface area contributed by atoms with Crippen molar-refractivity contribution in [2.45, 2.75) is 19.8 Å². The minimum Gasteiger partial charge on any atom is -0.505 e. The van der Waals surface area contributed by atoms with Crippen molar-refractivity contribution < 1.29 is 14.3 Å². The van der Waals surface area contributed by atoms with Crippen LogP contribution in [0.4, 0.5) is 4.39 Å². The van der Waals surface area contributed by atoms with Crippen molar-refractivity contribution in [3.63, 3.8) is 0 Å². The second-order valence-electron chi connectivity index (χ2n) is 2.96. The molecule has 70 valence electrons. The van der Waals surface area contributed by atoms with Gasteiger partial charge in [-0.3, -0.25) is 0 Å². The van der Waals surface area contributed by atoms with Gasteiger partial charge in [-0.25, -0.2) is 4.39 Å². The predicted octanol–water partition coefficient (Wildman–Crippen LogP) is 1.97. The van der Waals surface area contributed by atoms with Crippen molar-refractivity contribution in [3.8, 4) is 5.75 Å². The van der Waals surface area contributed by atoms with Crippen LogP contribution in [0, 0.1) is 12.7 Å². The SMILES string of the molecule is Cc1cc(F)c(O)c(CCC=O)c1. The van der Waals surface area contributed by atoms with Crippen LogP contribution in [0.15, 0.2) is 12.1 Å². The molecule has 0 radical (unpaired) electrons. The third-order valence-corrected chi connectivity index (χ3v) is 1.82. The lowest BCUT2D eigenvalue weighted by Crippen LogP contribution is -1.91. The van der Waals surface area contributed by atoms with Gasteiger partial charge in [0.15, 0.2) is 11.6 Å². The van der Waals surface area contributed by atoms with Gasteiger partial charge in [-0.2, -0.15) is 0 Å². The molecule has 2 nitrogen and oxygen atoms in total. The monoisotopic (exact) mass is 182 g/mol. The average Bonchev–Trinajstić information content (AvgIpc) is 2.09. The Morgan fingerprint density at radius 2 is 2.23 bits per heavy atom. The number of phenols is 1. The summed E-state index contributed by atoms with van der Waals surface area (Å²) in [4.78, 5) is 10.1. The second-order valence-corrected chi connectivity index (χ2v) is 2.96. The molecular weight excluding hydrogens is 171 g/mol. The zero-order valence-corrected chi connectivity index (χ0v) is 7.38. The molecule has 1 aromatic carbocycles. The second kappa shape index (κ2) is 4.03. The van der Waals surface area contributed by atoms with E-state index in [1.165, 1.54) is 6.07 Å². The summed E-state index contributed by atoms with van der Waals surface area (Å²) < 4.78 is 12.9. The number of hydrogen-bond donors (Lipinski definition) is 1. The van der Waals surface area contributed by atoms with Gasteiger partial charge < -0.3 is 9.90 Å². The molecule has 3 heteroatoms. The largest absolute Gasteiger partial charge is 0.505 e. The van der Waals surface area contributed by atoms with Crippen LogP contribution in [0.3, 0.4) is 0 Å². The summed E-state index contributed by atoms with van der Waals surface area (Å²) in [7, 11) is 0. The number of rotatable bonds is 3. The van der Waals surface area contributed by atoms with Gasteiger partial charge in [-0.05, 0) is 30.5 Å². The van der Waals surface area contributed by atoms with E-state index in [1.54, 1.807) is 13.0 Å². The lowest BCUT2D eigenvalue weighted by Gasteiger charge is -2.04. The van der Waals surface area contributed by atoms with E-state index in [0.717, 1.165) is 11.8 Å². The van der Waals surface area contributed by atoms with Gasteiger partial charge in [0, 0.05) is 6.42 Å². The normalized spacial score (nSPS) is 10.0. The number of aldehydes is 1. The molecule has 1 N–H and O–H groups in total. The Morgan fingerprint density at radius 3 is 2.85 bits per heavy atom. The first kappa shape index (κ1) is 9.71. The summed E-state index contributed by atoms with van der Waals surface area (Å²) in [5.74, 6) is -0.964. The molecule has 0 amide bonds. The summed E-state index contributed by atoms with van der Waals surface area (Å²) in [6.07, 6.45) is 1.43. The van der Waals surface area contributed by atoms with Gasteiger partial charge >= 0.3 is 0 Å². The van der Waals surface area contributed by atoms with Crippen molar-refractivity contribution in [3.05, 3.63) is 29.1 Å². The van der Waals surface area contributed by atoms with E-state index in [-0.39, 0.29) is 5.75 Å². The van der Waals surface area contributed by atoms with Crippen LogP contribution in [-0.2, 0) is 11.2 Å². The maximum Gasteiger partial charge on any atom is 0.165 e. The fourth-order valence-corrected chi connectivity index (χ4v) is 1.21. The topological polar surface area (TPSA) is 37.3 Å². The van der Waals surface area contributed by atoms with Crippen LogP contribution in [0.5, 0.6) is 5.75 Å². The molecule has 0 aliphatic heterocycles. The fourth-order valence-electron chi connectivity index (χ4n) is 1.21. The first-order chi connectivity index (χ1) is 6.15. The lowest BCUT2D eigenvalue weighted by molar-refractivity contribution is -0.107.